The summed E-state index contributed by atoms with van der Waals surface area (Å²) in [5.41, 5.74) is 0. The van der Waals surface area contributed by atoms with Crippen LogP contribution in [0.3, 0.4) is 0 Å². The van der Waals surface area contributed by atoms with E-state index in [1.54, 1.807) is 0 Å². The zero-order chi connectivity index (χ0) is 13.3. The first-order valence-corrected chi connectivity index (χ1v) is 5.76. The van der Waals surface area contributed by atoms with Crippen LogP contribution in [0.2, 0.25) is 0 Å². The number of rotatable bonds is 2. The molecule has 2 amide bonds. The van der Waals surface area contributed by atoms with Crippen LogP contribution >= 0.6 is 0 Å². The maximum atomic E-state index is 13.3. The van der Waals surface area contributed by atoms with Crippen molar-refractivity contribution in [3.05, 3.63) is 0 Å². The topological polar surface area (TPSA) is 81.7 Å². The van der Waals surface area contributed by atoms with Gasteiger partial charge in [0.2, 0.25) is 5.91 Å². The van der Waals surface area contributed by atoms with E-state index in [0.717, 1.165) is 4.90 Å². The smallest absolute Gasteiger partial charge is 0.404 e. The summed E-state index contributed by atoms with van der Waals surface area (Å²) in [6, 6.07) is -1.08. The molecule has 0 aliphatic carbocycles. The van der Waals surface area contributed by atoms with Gasteiger partial charge in [0.15, 0.2) is 0 Å². The highest BCUT2D eigenvalue weighted by molar-refractivity contribution is 5.78. The Balaban J connectivity index is 2.08. The monoisotopic (exact) mass is 263 g/mol. The van der Waals surface area contributed by atoms with Gasteiger partial charge in [-0.25, -0.2) is 13.6 Å². The second-order valence-corrected chi connectivity index (χ2v) is 4.66. The second kappa shape index (κ2) is 4.68. The predicted octanol–water partition coefficient (Wildman–Crippen LogP) is -0.148. The number of nitrogens with one attached hydrogen (secondary N) is 2. The lowest BCUT2D eigenvalue weighted by Crippen LogP contribution is -2.57. The van der Waals surface area contributed by atoms with Gasteiger partial charge in [-0.3, -0.25) is 4.79 Å². The summed E-state index contributed by atoms with van der Waals surface area (Å²) >= 11 is 0. The van der Waals surface area contributed by atoms with Crippen LogP contribution in [0.1, 0.15) is 12.8 Å². The Labute approximate surface area is 102 Å². The number of likely N-dealkylation sites (tertiary alicyclic amines) is 1. The number of hydrogen-bond acceptors (Lipinski definition) is 3. The van der Waals surface area contributed by atoms with Gasteiger partial charge in [0.1, 0.15) is 0 Å². The largest absolute Gasteiger partial charge is 0.465 e. The van der Waals surface area contributed by atoms with Crippen LogP contribution in [0.5, 0.6) is 0 Å². The lowest BCUT2D eigenvalue weighted by atomic mass is 10.0. The molecule has 0 aromatic carbocycles. The first kappa shape index (κ1) is 13.0. The fourth-order valence-corrected chi connectivity index (χ4v) is 2.45. The summed E-state index contributed by atoms with van der Waals surface area (Å²) in [7, 11) is 0. The molecule has 2 saturated heterocycles. The number of alkyl halides is 2. The van der Waals surface area contributed by atoms with E-state index >= 15 is 0 Å². The van der Waals surface area contributed by atoms with E-state index < -0.39 is 37.1 Å². The van der Waals surface area contributed by atoms with Gasteiger partial charge in [0.25, 0.3) is 5.92 Å². The standard InChI is InChI=1S/C10H15F2N3O3/c11-10(12)2-1-8(16)15(5-10)7-4-13-3-6(7)14-9(17)18/h6-7,13-14H,1-5H2,(H,17,18)/t6-,7+/m0/s1. The number of carbonyl (C=O) groups excluding carboxylic acids is 1. The minimum atomic E-state index is -2.88. The Morgan fingerprint density at radius 1 is 1.50 bits per heavy atom. The maximum absolute atomic E-state index is 13.3. The number of hydrogen-bond donors (Lipinski definition) is 3. The Kier molecular flexibility index (Phi) is 3.38. The van der Waals surface area contributed by atoms with Gasteiger partial charge in [0, 0.05) is 25.9 Å². The molecule has 3 N–H and O–H groups in total. The summed E-state index contributed by atoms with van der Waals surface area (Å²) in [6.07, 6.45) is -1.84. The van der Waals surface area contributed by atoms with Crippen molar-refractivity contribution < 1.29 is 23.5 Å². The van der Waals surface area contributed by atoms with E-state index in [2.05, 4.69) is 10.6 Å². The van der Waals surface area contributed by atoms with Crippen molar-refractivity contribution in [2.24, 2.45) is 0 Å². The Morgan fingerprint density at radius 3 is 2.89 bits per heavy atom. The minimum absolute atomic E-state index is 0.191. The number of amides is 2. The Hall–Kier alpha value is -1.44. The van der Waals surface area contributed by atoms with E-state index in [1.807, 2.05) is 0 Å². The lowest BCUT2D eigenvalue weighted by molar-refractivity contribution is -0.150. The molecule has 102 valence electrons. The molecule has 2 heterocycles. The highest BCUT2D eigenvalue weighted by Crippen LogP contribution is 2.29. The van der Waals surface area contributed by atoms with Crippen LogP contribution < -0.4 is 10.6 Å². The van der Waals surface area contributed by atoms with Gasteiger partial charge < -0.3 is 20.6 Å². The fraction of sp³-hybridized carbons (Fsp3) is 0.800. The molecule has 0 aromatic rings. The molecule has 2 rings (SSSR count). The molecule has 18 heavy (non-hydrogen) atoms. The molecule has 8 heteroatoms. The van der Waals surface area contributed by atoms with E-state index in [9.17, 15) is 18.4 Å². The van der Waals surface area contributed by atoms with Crippen LogP contribution in [0.4, 0.5) is 13.6 Å². The van der Waals surface area contributed by atoms with Gasteiger partial charge >= 0.3 is 6.09 Å². The van der Waals surface area contributed by atoms with Gasteiger partial charge in [-0.05, 0) is 0 Å². The van der Waals surface area contributed by atoms with E-state index in [-0.39, 0.29) is 12.3 Å². The quantitative estimate of drug-likeness (QED) is 0.647. The molecular formula is C10H15F2N3O3. The van der Waals surface area contributed by atoms with Crippen molar-refractivity contribution in [3.8, 4) is 0 Å². The minimum Gasteiger partial charge on any atom is -0.465 e. The fourth-order valence-electron chi connectivity index (χ4n) is 2.45. The van der Waals surface area contributed by atoms with E-state index in [1.165, 1.54) is 0 Å². The van der Waals surface area contributed by atoms with E-state index in [0.29, 0.717) is 13.1 Å². The third kappa shape index (κ3) is 2.69. The molecule has 0 spiro atoms. The summed E-state index contributed by atoms with van der Waals surface area (Å²) in [4.78, 5) is 23.4. The van der Waals surface area contributed by atoms with Gasteiger partial charge in [-0.2, -0.15) is 0 Å². The van der Waals surface area contributed by atoms with Gasteiger partial charge in [-0.1, -0.05) is 0 Å². The zero-order valence-corrected chi connectivity index (χ0v) is 9.66. The first-order chi connectivity index (χ1) is 8.39. The first-order valence-electron chi connectivity index (χ1n) is 5.76. The number of carbonyl (C=O) groups is 2. The number of halogens is 2. The molecule has 2 atom stereocenters. The van der Waals surface area contributed by atoms with Crippen molar-refractivity contribution >= 4 is 12.0 Å². The Morgan fingerprint density at radius 2 is 2.22 bits per heavy atom. The van der Waals surface area contributed by atoms with Gasteiger partial charge in [-0.15, -0.1) is 0 Å². The maximum Gasteiger partial charge on any atom is 0.404 e. The molecule has 0 radical (unpaired) electrons. The molecule has 0 saturated carbocycles. The highest BCUT2D eigenvalue weighted by atomic mass is 19.3. The highest BCUT2D eigenvalue weighted by Gasteiger charge is 2.45. The van der Waals surface area contributed by atoms with Crippen LogP contribution in [-0.2, 0) is 4.79 Å². The average Bonchev–Trinajstić information content (AvgIpc) is 2.69. The number of piperidine rings is 1. The zero-order valence-electron chi connectivity index (χ0n) is 9.66. The molecule has 0 bridgehead atoms. The lowest BCUT2D eigenvalue weighted by Gasteiger charge is -2.38. The third-order valence-corrected chi connectivity index (χ3v) is 3.32. The van der Waals surface area contributed by atoms with Crippen molar-refractivity contribution in [2.45, 2.75) is 30.8 Å². The number of nitrogens with zero attached hydrogens (tertiary/aromatic N) is 1. The molecule has 0 aromatic heterocycles. The molecule has 2 fully saturated rings. The van der Waals surface area contributed by atoms with Crippen LogP contribution in [0.25, 0.3) is 0 Å². The predicted molar refractivity (Wildman–Crippen MR) is 57.5 cm³/mol. The number of carboxylic acid groups (broad SMARTS) is 1. The summed E-state index contributed by atoms with van der Waals surface area (Å²) < 4.78 is 26.6. The second-order valence-electron chi connectivity index (χ2n) is 4.66. The third-order valence-electron chi connectivity index (χ3n) is 3.32. The van der Waals surface area contributed by atoms with E-state index in [4.69, 9.17) is 5.11 Å². The van der Waals surface area contributed by atoms with Crippen molar-refractivity contribution in [2.75, 3.05) is 19.6 Å². The molecular weight excluding hydrogens is 248 g/mol. The summed E-state index contributed by atoms with van der Waals surface area (Å²) in [5, 5.41) is 13.8. The van der Waals surface area contributed by atoms with Crippen molar-refractivity contribution in [1.82, 2.24) is 15.5 Å². The van der Waals surface area contributed by atoms with Crippen LogP contribution in [-0.4, -0.2) is 59.6 Å². The molecule has 0 unspecified atom stereocenters. The normalized spacial score (nSPS) is 31.4. The summed E-state index contributed by atoms with van der Waals surface area (Å²) in [6.45, 7) is 0.0368. The summed E-state index contributed by atoms with van der Waals surface area (Å²) in [5.74, 6) is -3.23. The van der Waals surface area contributed by atoms with Crippen LogP contribution in [0.15, 0.2) is 0 Å². The van der Waals surface area contributed by atoms with Crippen molar-refractivity contribution in [3.63, 3.8) is 0 Å². The SMILES string of the molecule is O=C(O)N[C@H]1CNC[C@H]1N1CC(F)(F)CCC1=O. The molecule has 2 aliphatic rings. The molecule has 6 nitrogen and oxygen atoms in total. The van der Waals surface area contributed by atoms with Gasteiger partial charge in [0.05, 0.1) is 18.6 Å². The molecule has 2 aliphatic heterocycles. The van der Waals surface area contributed by atoms with Crippen molar-refractivity contribution in [1.29, 1.82) is 0 Å². The average molecular weight is 263 g/mol. The van der Waals surface area contributed by atoms with Crippen LogP contribution in [0, 0.1) is 0 Å². The Bertz CT molecular complexity index is 364.